The summed E-state index contributed by atoms with van der Waals surface area (Å²) in [6.45, 7) is 1.31. The van der Waals surface area contributed by atoms with Crippen LogP contribution in [0.5, 0.6) is 0 Å². The number of nitrogens with one attached hydrogen (secondary N) is 1. The van der Waals surface area contributed by atoms with Gasteiger partial charge in [-0.3, -0.25) is 0 Å². The van der Waals surface area contributed by atoms with Crippen molar-refractivity contribution in [3.05, 3.63) is 29.8 Å². The number of hydrogen-bond acceptors (Lipinski definition) is 4. The molecular formula is C11H17BN3O2S. The van der Waals surface area contributed by atoms with E-state index in [1.807, 2.05) is 12.1 Å². The Kier molecular flexibility index (Phi) is 4.26. The Labute approximate surface area is 109 Å². The molecule has 0 spiro atoms. The predicted molar refractivity (Wildman–Crippen MR) is 73.4 cm³/mol. The lowest BCUT2D eigenvalue weighted by Gasteiger charge is -2.15. The Morgan fingerprint density at radius 1 is 1.22 bits per heavy atom. The van der Waals surface area contributed by atoms with E-state index in [1.54, 1.807) is 16.4 Å². The third-order valence-electron chi connectivity index (χ3n) is 3.01. The van der Waals surface area contributed by atoms with E-state index in [0.717, 1.165) is 24.1 Å². The minimum atomic E-state index is -3.16. The van der Waals surface area contributed by atoms with Crippen LogP contribution >= 0.6 is 0 Å². The lowest BCUT2D eigenvalue weighted by molar-refractivity contribution is 0.476. The van der Waals surface area contributed by atoms with E-state index in [0.29, 0.717) is 13.1 Å². The highest BCUT2D eigenvalue weighted by molar-refractivity contribution is 7.88. The molecule has 1 fully saturated rings. The summed E-state index contributed by atoms with van der Waals surface area (Å²) in [5.74, 6) is 0.0691. The number of hydrogen-bond donors (Lipinski definition) is 2. The van der Waals surface area contributed by atoms with Gasteiger partial charge in [0, 0.05) is 18.8 Å². The summed E-state index contributed by atoms with van der Waals surface area (Å²) in [5, 5.41) is 2.85. The molecule has 0 unspecified atom stereocenters. The van der Waals surface area contributed by atoms with Crippen molar-refractivity contribution in [3.8, 4) is 0 Å². The second kappa shape index (κ2) is 5.73. The van der Waals surface area contributed by atoms with Gasteiger partial charge in [-0.15, -0.1) is 0 Å². The molecule has 1 saturated heterocycles. The van der Waals surface area contributed by atoms with E-state index < -0.39 is 10.0 Å². The van der Waals surface area contributed by atoms with Crippen molar-refractivity contribution >= 4 is 23.3 Å². The zero-order valence-corrected chi connectivity index (χ0v) is 11.0. The summed E-state index contributed by atoms with van der Waals surface area (Å²) in [7, 11) is -1.81. The van der Waals surface area contributed by atoms with Crippen molar-refractivity contribution < 1.29 is 8.42 Å². The van der Waals surface area contributed by atoms with Crippen LogP contribution in [0.15, 0.2) is 24.3 Å². The van der Waals surface area contributed by atoms with Crippen LogP contribution in [0.3, 0.4) is 0 Å². The van der Waals surface area contributed by atoms with Gasteiger partial charge in [-0.1, -0.05) is 12.1 Å². The Balaban J connectivity index is 2.04. The van der Waals surface area contributed by atoms with E-state index in [9.17, 15) is 8.42 Å². The number of nitrogens with zero attached hydrogens (tertiary/aromatic N) is 1. The topological polar surface area (TPSA) is 75.4 Å². The quantitative estimate of drug-likeness (QED) is 0.762. The highest BCUT2D eigenvalue weighted by Gasteiger charge is 2.25. The molecule has 0 bridgehead atoms. The molecule has 18 heavy (non-hydrogen) atoms. The lowest BCUT2D eigenvalue weighted by Crippen LogP contribution is -2.29. The Bertz CT molecular complexity index is 484. The molecule has 0 aromatic heterocycles. The number of sulfonamides is 1. The number of rotatable bonds is 5. The Morgan fingerprint density at radius 3 is 2.39 bits per heavy atom. The monoisotopic (exact) mass is 266 g/mol. The second-order valence-electron chi connectivity index (χ2n) is 4.37. The summed E-state index contributed by atoms with van der Waals surface area (Å²) in [4.78, 5) is 0. The van der Waals surface area contributed by atoms with Gasteiger partial charge < -0.3 is 10.9 Å². The summed E-state index contributed by atoms with van der Waals surface area (Å²) in [5.41, 5.74) is 6.89. The molecule has 1 aromatic rings. The number of anilines is 1. The molecule has 1 heterocycles. The molecule has 5 nitrogen and oxygen atoms in total. The molecule has 0 atom stereocenters. The van der Waals surface area contributed by atoms with Crippen LogP contribution in [-0.2, 0) is 15.8 Å². The first kappa shape index (κ1) is 13.4. The SMILES string of the molecule is N[B]Nc1ccc(CS(=O)(=O)N2CCCC2)cc1. The van der Waals surface area contributed by atoms with Crippen molar-refractivity contribution in [3.63, 3.8) is 0 Å². The van der Waals surface area contributed by atoms with Crippen LogP contribution in [0.25, 0.3) is 0 Å². The summed E-state index contributed by atoms with van der Waals surface area (Å²) >= 11 is 0. The van der Waals surface area contributed by atoms with E-state index >= 15 is 0 Å². The van der Waals surface area contributed by atoms with E-state index in [4.69, 9.17) is 5.64 Å². The van der Waals surface area contributed by atoms with Crippen LogP contribution in [0.4, 0.5) is 5.69 Å². The first-order chi connectivity index (χ1) is 8.62. The smallest absolute Gasteiger partial charge is 0.343 e. The molecule has 97 valence electrons. The maximum Gasteiger partial charge on any atom is 0.343 e. The van der Waals surface area contributed by atoms with E-state index in [-0.39, 0.29) is 5.75 Å². The Morgan fingerprint density at radius 2 is 1.83 bits per heavy atom. The third-order valence-corrected chi connectivity index (χ3v) is 4.86. The van der Waals surface area contributed by atoms with Gasteiger partial charge in [-0.25, -0.2) is 12.7 Å². The molecule has 0 aliphatic carbocycles. The first-order valence-corrected chi connectivity index (χ1v) is 7.59. The molecule has 2 rings (SSSR count). The van der Waals surface area contributed by atoms with Crippen molar-refractivity contribution in [1.29, 1.82) is 0 Å². The van der Waals surface area contributed by atoms with Gasteiger partial charge in [0.05, 0.1) is 5.75 Å². The van der Waals surface area contributed by atoms with Crippen LogP contribution in [0.1, 0.15) is 18.4 Å². The normalized spacial score (nSPS) is 16.7. The zero-order valence-electron chi connectivity index (χ0n) is 10.2. The molecule has 0 amide bonds. The molecule has 1 aliphatic rings. The maximum absolute atomic E-state index is 12.1. The predicted octanol–water partition coefficient (Wildman–Crippen LogP) is 0.517. The van der Waals surface area contributed by atoms with Crippen molar-refractivity contribution in [1.82, 2.24) is 4.31 Å². The fourth-order valence-corrected chi connectivity index (χ4v) is 3.67. The highest BCUT2D eigenvalue weighted by Crippen LogP contribution is 2.18. The van der Waals surface area contributed by atoms with Gasteiger partial charge in [-0.2, -0.15) is 0 Å². The lowest BCUT2D eigenvalue weighted by atomic mass is 10.1. The van der Waals surface area contributed by atoms with Gasteiger partial charge in [0.25, 0.3) is 0 Å². The average molecular weight is 266 g/mol. The molecule has 7 heteroatoms. The van der Waals surface area contributed by atoms with Crippen molar-refractivity contribution in [2.45, 2.75) is 18.6 Å². The standard InChI is InChI=1S/C11H17BN3O2S/c13-12-14-11-5-3-10(4-6-11)9-18(16,17)15-7-1-2-8-15/h3-6,14H,1-2,7-9,13H2. The van der Waals surface area contributed by atoms with Gasteiger partial charge >= 0.3 is 7.55 Å². The second-order valence-corrected chi connectivity index (χ2v) is 6.34. The van der Waals surface area contributed by atoms with Crippen LogP contribution in [0, 0.1) is 0 Å². The molecule has 0 saturated carbocycles. The molecule has 1 aliphatic heterocycles. The zero-order chi connectivity index (χ0) is 13.0. The van der Waals surface area contributed by atoms with Gasteiger partial charge in [0.15, 0.2) is 0 Å². The maximum atomic E-state index is 12.1. The minimum Gasteiger partial charge on any atom is -0.418 e. The summed E-state index contributed by atoms with van der Waals surface area (Å²) < 4.78 is 25.8. The Hall–Kier alpha value is -1.05. The van der Waals surface area contributed by atoms with E-state index in [2.05, 4.69) is 5.23 Å². The average Bonchev–Trinajstić information content (AvgIpc) is 2.86. The van der Waals surface area contributed by atoms with Gasteiger partial charge in [0.2, 0.25) is 10.0 Å². The van der Waals surface area contributed by atoms with Gasteiger partial charge in [0.1, 0.15) is 0 Å². The van der Waals surface area contributed by atoms with Crippen LogP contribution in [0.2, 0.25) is 0 Å². The number of benzene rings is 1. The van der Waals surface area contributed by atoms with Gasteiger partial charge in [-0.05, 0) is 30.5 Å². The van der Waals surface area contributed by atoms with Crippen molar-refractivity contribution in [2.24, 2.45) is 5.64 Å². The number of nitrogens with two attached hydrogens (primary N) is 1. The molecular weight excluding hydrogens is 249 g/mol. The van der Waals surface area contributed by atoms with E-state index in [1.165, 1.54) is 7.55 Å². The van der Waals surface area contributed by atoms with Crippen LogP contribution in [-0.4, -0.2) is 33.4 Å². The highest BCUT2D eigenvalue weighted by atomic mass is 32.2. The molecule has 1 radical (unpaired) electrons. The third kappa shape index (κ3) is 3.25. The molecule has 3 N–H and O–H groups in total. The minimum absolute atomic E-state index is 0.0691. The van der Waals surface area contributed by atoms with Crippen LogP contribution < -0.4 is 10.9 Å². The summed E-state index contributed by atoms with van der Waals surface area (Å²) in [6, 6.07) is 7.25. The fourth-order valence-electron chi connectivity index (χ4n) is 2.06. The fraction of sp³-hybridized carbons (Fsp3) is 0.455. The summed E-state index contributed by atoms with van der Waals surface area (Å²) in [6.07, 6.45) is 1.93. The van der Waals surface area contributed by atoms with Crippen molar-refractivity contribution in [2.75, 3.05) is 18.3 Å². The molecule has 1 aromatic carbocycles. The first-order valence-electron chi connectivity index (χ1n) is 5.98. The largest absolute Gasteiger partial charge is 0.418 e.